The van der Waals surface area contributed by atoms with Gasteiger partial charge >= 0.3 is 0 Å². The predicted octanol–water partition coefficient (Wildman–Crippen LogP) is 2.87. The van der Waals surface area contributed by atoms with Gasteiger partial charge in [0.25, 0.3) is 0 Å². The molecule has 1 aliphatic rings. The second-order valence-electron chi connectivity index (χ2n) is 8.01. The molecule has 1 aliphatic carbocycles. The van der Waals surface area contributed by atoms with Gasteiger partial charge in [0, 0.05) is 36.3 Å². The molecule has 32 heavy (non-hydrogen) atoms. The number of carbonyl (C=O) groups excluding carboxylic acids is 2. The number of fused-ring (bicyclic) bond motifs is 1. The predicted molar refractivity (Wildman–Crippen MR) is 119 cm³/mol. The van der Waals surface area contributed by atoms with Crippen molar-refractivity contribution in [3.05, 3.63) is 72.6 Å². The highest BCUT2D eigenvalue weighted by Crippen LogP contribution is 2.59. The van der Waals surface area contributed by atoms with Gasteiger partial charge in [-0.15, -0.1) is 0 Å². The number of ether oxygens (including phenoxy) is 1. The molecule has 0 bridgehead atoms. The number of amides is 2. The highest BCUT2D eigenvalue weighted by molar-refractivity contribution is 6.08. The molecule has 8 nitrogen and oxygen atoms in total. The summed E-state index contributed by atoms with van der Waals surface area (Å²) in [5, 5.41) is 5.10. The normalized spacial score (nSPS) is 16.6. The first-order valence-electron chi connectivity index (χ1n) is 10.1. The Labute approximate surface area is 183 Å². The van der Waals surface area contributed by atoms with Crippen molar-refractivity contribution in [2.75, 3.05) is 0 Å². The van der Waals surface area contributed by atoms with Crippen LogP contribution in [0.1, 0.15) is 17.9 Å². The van der Waals surface area contributed by atoms with Gasteiger partial charge in [-0.05, 0) is 48.4 Å². The van der Waals surface area contributed by atoms with Gasteiger partial charge in [0.15, 0.2) is 0 Å². The third-order valence-corrected chi connectivity index (χ3v) is 6.17. The molecule has 0 aliphatic heterocycles. The molecular weight excluding hydrogens is 406 g/mol. The minimum Gasteiger partial charge on any atom is -0.457 e. The van der Waals surface area contributed by atoms with Gasteiger partial charge in [-0.1, -0.05) is 18.2 Å². The van der Waals surface area contributed by atoms with Crippen LogP contribution in [0.15, 0.2) is 67.0 Å². The molecule has 160 valence electrons. The van der Waals surface area contributed by atoms with Crippen molar-refractivity contribution >= 4 is 22.7 Å². The van der Waals surface area contributed by atoms with E-state index in [9.17, 15) is 9.59 Å². The Balaban J connectivity index is 1.40. The van der Waals surface area contributed by atoms with Gasteiger partial charge < -0.3 is 16.2 Å². The SMILES string of the molecule is Cn1nccc1-c1ccc2c(Oc3ccc(C4CC4(C(N)=O)C(N)=O)cc3)ccnc2c1. The van der Waals surface area contributed by atoms with Crippen molar-refractivity contribution in [3.63, 3.8) is 0 Å². The van der Waals surface area contributed by atoms with Gasteiger partial charge in [0.1, 0.15) is 16.9 Å². The van der Waals surface area contributed by atoms with E-state index in [2.05, 4.69) is 10.1 Å². The number of rotatable bonds is 6. The molecule has 1 atom stereocenters. The van der Waals surface area contributed by atoms with Gasteiger partial charge in [0.2, 0.25) is 11.8 Å². The van der Waals surface area contributed by atoms with Crippen LogP contribution in [0.25, 0.3) is 22.2 Å². The van der Waals surface area contributed by atoms with Crippen molar-refractivity contribution < 1.29 is 14.3 Å². The van der Waals surface area contributed by atoms with E-state index in [1.54, 1.807) is 24.5 Å². The summed E-state index contributed by atoms with van der Waals surface area (Å²) >= 11 is 0. The van der Waals surface area contributed by atoms with E-state index in [0.29, 0.717) is 17.9 Å². The molecule has 8 heteroatoms. The molecule has 1 unspecified atom stereocenters. The number of hydrogen-bond acceptors (Lipinski definition) is 5. The zero-order valence-corrected chi connectivity index (χ0v) is 17.4. The zero-order valence-electron chi connectivity index (χ0n) is 17.4. The van der Waals surface area contributed by atoms with Crippen LogP contribution < -0.4 is 16.2 Å². The van der Waals surface area contributed by atoms with Gasteiger partial charge in [-0.25, -0.2) is 0 Å². The van der Waals surface area contributed by atoms with Crippen LogP contribution in [-0.4, -0.2) is 26.6 Å². The number of nitrogens with zero attached hydrogens (tertiary/aromatic N) is 3. The molecule has 4 N–H and O–H groups in total. The van der Waals surface area contributed by atoms with Crippen LogP contribution in [0.4, 0.5) is 0 Å². The van der Waals surface area contributed by atoms with Crippen LogP contribution in [0.3, 0.4) is 0 Å². The molecule has 1 saturated carbocycles. The summed E-state index contributed by atoms with van der Waals surface area (Å²) in [5.74, 6) is -0.345. The molecule has 4 aromatic rings. The van der Waals surface area contributed by atoms with E-state index < -0.39 is 17.2 Å². The van der Waals surface area contributed by atoms with Crippen molar-refractivity contribution in [2.24, 2.45) is 23.9 Å². The Morgan fingerprint density at radius 2 is 1.78 bits per heavy atom. The molecule has 2 aromatic heterocycles. The molecular formula is C24H21N5O3. The summed E-state index contributed by atoms with van der Waals surface area (Å²) in [6.07, 6.45) is 3.80. The lowest BCUT2D eigenvalue weighted by Gasteiger charge is -2.12. The Bertz CT molecular complexity index is 1350. The topological polar surface area (TPSA) is 126 Å². The third-order valence-electron chi connectivity index (χ3n) is 6.17. The molecule has 0 saturated heterocycles. The maximum Gasteiger partial charge on any atom is 0.233 e. The number of benzene rings is 2. The third kappa shape index (κ3) is 3.08. The lowest BCUT2D eigenvalue weighted by Crippen LogP contribution is -2.38. The Kier molecular flexibility index (Phi) is 4.44. The maximum atomic E-state index is 11.7. The van der Waals surface area contributed by atoms with Crippen molar-refractivity contribution in [2.45, 2.75) is 12.3 Å². The number of pyridine rings is 1. The van der Waals surface area contributed by atoms with Crippen molar-refractivity contribution in [3.8, 4) is 22.8 Å². The van der Waals surface area contributed by atoms with Crippen LogP contribution in [0.5, 0.6) is 11.5 Å². The smallest absolute Gasteiger partial charge is 0.233 e. The van der Waals surface area contributed by atoms with Crippen LogP contribution in [-0.2, 0) is 16.6 Å². The maximum absolute atomic E-state index is 11.7. The Morgan fingerprint density at radius 3 is 2.41 bits per heavy atom. The summed E-state index contributed by atoms with van der Waals surface area (Å²) in [7, 11) is 1.90. The summed E-state index contributed by atoms with van der Waals surface area (Å²) < 4.78 is 7.92. The molecule has 5 rings (SSSR count). The Morgan fingerprint density at radius 1 is 1.03 bits per heavy atom. The first-order valence-corrected chi connectivity index (χ1v) is 10.1. The highest BCUT2D eigenvalue weighted by Gasteiger charge is 2.64. The van der Waals surface area contributed by atoms with Crippen LogP contribution >= 0.6 is 0 Å². The molecule has 0 radical (unpaired) electrons. The highest BCUT2D eigenvalue weighted by atomic mass is 16.5. The average Bonchev–Trinajstić information content (AvgIpc) is 3.42. The number of aromatic nitrogens is 3. The second kappa shape index (κ2) is 7.19. The summed E-state index contributed by atoms with van der Waals surface area (Å²) in [6.45, 7) is 0. The zero-order chi connectivity index (χ0) is 22.5. The fraction of sp³-hybridized carbons (Fsp3) is 0.167. The van der Waals surface area contributed by atoms with Crippen molar-refractivity contribution in [1.29, 1.82) is 0 Å². The summed E-state index contributed by atoms with van der Waals surface area (Å²) in [5.41, 5.74) is 13.2. The fourth-order valence-electron chi connectivity index (χ4n) is 4.25. The van der Waals surface area contributed by atoms with Gasteiger partial charge in [-0.3, -0.25) is 19.3 Å². The molecule has 1 fully saturated rings. The van der Waals surface area contributed by atoms with Crippen LogP contribution in [0.2, 0.25) is 0 Å². The van der Waals surface area contributed by atoms with Crippen molar-refractivity contribution in [1.82, 2.24) is 14.8 Å². The van der Waals surface area contributed by atoms with Gasteiger partial charge in [0.05, 0.1) is 11.2 Å². The molecule has 0 spiro atoms. The number of carbonyl (C=O) groups is 2. The van der Waals surface area contributed by atoms with E-state index in [1.165, 1.54) is 0 Å². The summed E-state index contributed by atoms with van der Waals surface area (Å²) in [4.78, 5) is 28.0. The molecule has 2 heterocycles. The standard InChI is InChI=1S/C24H21N5O3/c1-29-20(8-11-28-29)15-4-7-17-19(12-15)27-10-9-21(17)32-16-5-2-14(3-6-16)18-13-24(18,22(25)30)23(26)31/h2-12,18H,13H2,1H3,(H2,25,30)(H2,26,31). The quantitative estimate of drug-likeness (QED) is 0.458. The molecule has 2 aromatic carbocycles. The summed E-state index contributed by atoms with van der Waals surface area (Å²) in [6, 6.07) is 17.0. The van der Waals surface area contributed by atoms with E-state index in [1.807, 2.05) is 54.2 Å². The Hall–Kier alpha value is -4.20. The van der Waals surface area contributed by atoms with E-state index in [4.69, 9.17) is 16.2 Å². The monoisotopic (exact) mass is 427 g/mol. The van der Waals surface area contributed by atoms with Gasteiger partial charge in [-0.2, -0.15) is 5.10 Å². The first-order chi connectivity index (χ1) is 15.4. The van der Waals surface area contributed by atoms with E-state index >= 15 is 0 Å². The number of hydrogen-bond donors (Lipinski definition) is 2. The second-order valence-corrected chi connectivity index (χ2v) is 8.01. The van der Waals surface area contributed by atoms with E-state index in [0.717, 1.165) is 27.7 Å². The minimum absolute atomic E-state index is 0.293. The number of nitrogens with two attached hydrogens (primary N) is 2. The fourth-order valence-corrected chi connectivity index (χ4v) is 4.25. The minimum atomic E-state index is -1.28. The molecule has 2 amide bonds. The first kappa shape index (κ1) is 19.7. The van der Waals surface area contributed by atoms with E-state index in [-0.39, 0.29) is 5.92 Å². The lowest BCUT2D eigenvalue weighted by molar-refractivity contribution is -0.133. The van der Waals surface area contributed by atoms with Crippen LogP contribution in [0, 0.1) is 5.41 Å². The number of aryl methyl sites for hydroxylation is 1. The number of primary amides is 2. The lowest BCUT2D eigenvalue weighted by atomic mass is 9.97. The average molecular weight is 427 g/mol. The largest absolute Gasteiger partial charge is 0.457 e.